The Morgan fingerprint density at radius 1 is 0.750 bits per heavy atom. The van der Waals surface area contributed by atoms with Crippen molar-refractivity contribution in [1.82, 2.24) is 0 Å². The van der Waals surface area contributed by atoms with Crippen molar-refractivity contribution < 1.29 is 19.1 Å². The number of carbonyl (C=O) groups excluding carboxylic acids is 2. The van der Waals surface area contributed by atoms with E-state index >= 15 is 0 Å². The first-order valence-corrected chi connectivity index (χ1v) is 8.16. The first-order chi connectivity index (χ1) is 11.7. The first-order valence-electron chi connectivity index (χ1n) is 8.16. The van der Waals surface area contributed by atoms with E-state index in [9.17, 15) is 9.59 Å². The predicted octanol–water partition coefficient (Wildman–Crippen LogP) is 3.36. The summed E-state index contributed by atoms with van der Waals surface area (Å²) in [4.78, 5) is 26.4. The van der Waals surface area contributed by atoms with Crippen molar-refractivity contribution in [1.29, 1.82) is 0 Å². The zero-order valence-electron chi connectivity index (χ0n) is 13.8. The van der Waals surface area contributed by atoms with Gasteiger partial charge in [-0.05, 0) is 55.0 Å². The molecule has 4 heteroatoms. The maximum absolute atomic E-state index is 13.3. The molecule has 0 unspecified atom stereocenters. The molecule has 2 aliphatic carbocycles. The van der Waals surface area contributed by atoms with E-state index in [1.165, 1.54) is 19.8 Å². The van der Waals surface area contributed by atoms with Gasteiger partial charge in [0.1, 0.15) is 11.5 Å². The maximum Gasteiger partial charge on any atom is 0.198 e. The topological polar surface area (TPSA) is 52.6 Å². The van der Waals surface area contributed by atoms with Crippen LogP contribution in [-0.2, 0) is 12.8 Å². The largest absolute Gasteiger partial charge is 0.496 e. The fourth-order valence-electron chi connectivity index (χ4n) is 3.89. The van der Waals surface area contributed by atoms with Crippen LogP contribution in [0.4, 0.5) is 0 Å². The molecule has 4 rings (SSSR count). The summed E-state index contributed by atoms with van der Waals surface area (Å²) in [5, 5.41) is 0. The van der Waals surface area contributed by atoms with E-state index < -0.39 is 0 Å². The van der Waals surface area contributed by atoms with Gasteiger partial charge in [-0.15, -0.1) is 0 Å². The summed E-state index contributed by atoms with van der Waals surface area (Å²) in [5.74, 6) is 0.536. The molecule has 4 nitrogen and oxygen atoms in total. The van der Waals surface area contributed by atoms with Crippen LogP contribution in [0.2, 0.25) is 0 Å². The van der Waals surface area contributed by atoms with Gasteiger partial charge in [-0.2, -0.15) is 0 Å². The van der Waals surface area contributed by atoms with Gasteiger partial charge in [-0.25, -0.2) is 0 Å². The van der Waals surface area contributed by atoms with Crippen molar-refractivity contribution in [2.45, 2.75) is 25.7 Å². The number of fused-ring (bicyclic) bond motifs is 4. The third-order valence-electron chi connectivity index (χ3n) is 5.03. The number of carbonyl (C=O) groups is 2. The molecule has 0 fully saturated rings. The Bertz CT molecular complexity index is 876. The van der Waals surface area contributed by atoms with Gasteiger partial charge in [0.15, 0.2) is 11.6 Å². The Morgan fingerprint density at radius 3 is 2.04 bits per heavy atom. The highest BCUT2D eigenvalue weighted by Gasteiger charge is 2.37. The fraction of sp³-hybridized carbons (Fsp3) is 0.300. The highest BCUT2D eigenvalue weighted by Crippen LogP contribution is 2.41. The van der Waals surface area contributed by atoms with Crippen molar-refractivity contribution in [3.63, 3.8) is 0 Å². The van der Waals surface area contributed by atoms with Gasteiger partial charge in [-0.3, -0.25) is 9.59 Å². The van der Waals surface area contributed by atoms with Crippen LogP contribution in [0.1, 0.15) is 55.8 Å². The number of aryl methyl sites for hydroxylation is 1. The third kappa shape index (κ3) is 1.92. The van der Waals surface area contributed by atoms with Gasteiger partial charge < -0.3 is 9.47 Å². The molecule has 24 heavy (non-hydrogen) atoms. The molecule has 0 bridgehead atoms. The Kier molecular flexibility index (Phi) is 3.41. The number of rotatable bonds is 2. The lowest BCUT2D eigenvalue weighted by Crippen LogP contribution is -2.25. The van der Waals surface area contributed by atoms with Crippen LogP contribution in [-0.4, -0.2) is 25.8 Å². The first kappa shape index (κ1) is 14.9. The molecule has 0 radical (unpaired) electrons. The minimum atomic E-state index is -0.163. The molecule has 0 aliphatic heterocycles. The summed E-state index contributed by atoms with van der Waals surface area (Å²) in [5.41, 5.74) is 3.91. The Hall–Kier alpha value is -2.62. The molecule has 2 aromatic rings. The zero-order valence-corrected chi connectivity index (χ0v) is 13.8. The monoisotopic (exact) mass is 322 g/mol. The summed E-state index contributed by atoms with van der Waals surface area (Å²) in [6.07, 6.45) is 3.99. The fourth-order valence-corrected chi connectivity index (χ4v) is 3.89. The molecule has 0 spiro atoms. The molecule has 0 aromatic heterocycles. The second-order valence-corrected chi connectivity index (χ2v) is 6.21. The minimum absolute atomic E-state index is 0.130. The van der Waals surface area contributed by atoms with E-state index in [2.05, 4.69) is 0 Å². The Balaban J connectivity index is 2.03. The molecule has 0 amide bonds. The van der Waals surface area contributed by atoms with Crippen molar-refractivity contribution >= 4 is 11.6 Å². The van der Waals surface area contributed by atoms with Gasteiger partial charge in [0.2, 0.25) is 0 Å². The molecular formula is C20H18O4. The second kappa shape index (κ2) is 5.48. The number of benzene rings is 2. The summed E-state index contributed by atoms with van der Waals surface area (Å²) in [7, 11) is 3.01. The molecule has 2 aliphatic rings. The van der Waals surface area contributed by atoms with E-state index in [1.807, 2.05) is 6.07 Å². The van der Waals surface area contributed by atoms with E-state index in [0.717, 1.165) is 31.2 Å². The van der Waals surface area contributed by atoms with E-state index in [1.54, 1.807) is 18.2 Å². The van der Waals surface area contributed by atoms with Crippen LogP contribution in [0.3, 0.4) is 0 Å². The maximum atomic E-state index is 13.3. The van der Waals surface area contributed by atoms with Gasteiger partial charge in [0.25, 0.3) is 0 Å². The Labute approximate surface area is 140 Å². The predicted molar refractivity (Wildman–Crippen MR) is 89.5 cm³/mol. The molecule has 2 aromatic carbocycles. The number of hydrogen-bond donors (Lipinski definition) is 0. The number of ketones is 2. The van der Waals surface area contributed by atoms with Crippen LogP contribution in [0.5, 0.6) is 11.5 Å². The lowest BCUT2D eigenvalue weighted by Gasteiger charge is -2.26. The second-order valence-electron chi connectivity index (χ2n) is 6.21. The van der Waals surface area contributed by atoms with Crippen LogP contribution >= 0.6 is 0 Å². The van der Waals surface area contributed by atoms with E-state index in [0.29, 0.717) is 33.8 Å². The van der Waals surface area contributed by atoms with Crippen LogP contribution in [0.15, 0.2) is 24.3 Å². The third-order valence-corrected chi connectivity index (χ3v) is 5.03. The summed E-state index contributed by atoms with van der Waals surface area (Å²) in [6, 6.07) is 7.15. The molecule has 0 atom stereocenters. The quantitative estimate of drug-likeness (QED) is 0.726. The SMILES string of the molecule is COc1ccc(OC)c2c1C(=O)c1ccc3c(c1C2=O)CCCC3. The van der Waals surface area contributed by atoms with Gasteiger partial charge in [0.05, 0.1) is 25.3 Å². The smallest absolute Gasteiger partial charge is 0.198 e. The number of hydrogen-bond acceptors (Lipinski definition) is 4. The lowest BCUT2D eigenvalue weighted by atomic mass is 9.76. The van der Waals surface area contributed by atoms with Crippen molar-refractivity contribution in [2.24, 2.45) is 0 Å². The van der Waals surface area contributed by atoms with Gasteiger partial charge in [-0.1, -0.05) is 6.07 Å². The summed E-state index contributed by atoms with van der Waals surface area (Å²) >= 11 is 0. The lowest BCUT2D eigenvalue weighted by molar-refractivity contribution is 0.0973. The highest BCUT2D eigenvalue weighted by molar-refractivity contribution is 6.30. The number of methoxy groups -OCH3 is 2. The van der Waals surface area contributed by atoms with E-state index in [-0.39, 0.29) is 11.6 Å². The number of ether oxygens (including phenoxy) is 2. The Morgan fingerprint density at radius 2 is 1.38 bits per heavy atom. The van der Waals surface area contributed by atoms with Gasteiger partial charge in [0, 0.05) is 11.1 Å². The molecular weight excluding hydrogens is 304 g/mol. The van der Waals surface area contributed by atoms with E-state index in [4.69, 9.17) is 9.47 Å². The zero-order chi connectivity index (χ0) is 16.8. The van der Waals surface area contributed by atoms with Crippen LogP contribution in [0.25, 0.3) is 0 Å². The van der Waals surface area contributed by atoms with Gasteiger partial charge >= 0.3 is 0 Å². The summed E-state index contributed by atoms with van der Waals surface area (Å²) < 4.78 is 10.7. The van der Waals surface area contributed by atoms with Crippen molar-refractivity contribution in [3.8, 4) is 11.5 Å². The highest BCUT2D eigenvalue weighted by atomic mass is 16.5. The van der Waals surface area contributed by atoms with Crippen LogP contribution < -0.4 is 9.47 Å². The normalized spacial score (nSPS) is 15.4. The molecule has 0 heterocycles. The molecule has 0 N–H and O–H groups in total. The summed E-state index contributed by atoms with van der Waals surface area (Å²) in [6.45, 7) is 0. The standard InChI is InChI=1S/C20H18O4/c1-23-14-9-10-15(24-2)18-17(14)19(21)13-8-7-11-5-3-4-6-12(11)16(13)20(18)22/h7-10H,3-6H2,1-2H3. The molecule has 0 saturated heterocycles. The molecule has 0 saturated carbocycles. The minimum Gasteiger partial charge on any atom is -0.496 e. The van der Waals surface area contributed by atoms with Crippen molar-refractivity contribution in [2.75, 3.05) is 14.2 Å². The van der Waals surface area contributed by atoms with Crippen LogP contribution in [0, 0.1) is 0 Å². The average Bonchev–Trinajstić information content (AvgIpc) is 2.64. The average molecular weight is 322 g/mol. The van der Waals surface area contributed by atoms with Crippen molar-refractivity contribution in [3.05, 3.63) is 57.6 Å². The molecule has 122 valence electrons.